The molecular weight excluding hydrogens is 399 g/mol. The van der Waals surface area contributed by atoms with Gasteiger partial charge in [-0.2, -0.15) is 9.61 Å². The summed E-state index contributed by atoms with van der Waals surface area (Å²) in [7, 11) is 0. The van der Waals surface area contributed by atoms with Gasteiger partial charge in [-0.25, -0.2) is 9.50 Å². The second-order valence-electron chi connectivity index (χ2n) is 6.06. The van der Waals surface area contributed by atoms with Crippen molar-refractivity contribution < 1.29 is 0 Å². The van der Waals surface area contributed by atoms with Crippen LogP contribution < -0.4 is 5.32 Å². The number of hydrogen-bond donors (Lipinski definition) is 1. The summed E-state index contributed by atoms with van der Waals surface area (Å²) >= 11 is 12.2. The van der Waals surface area contributed by atoms with E-state index in [0.29, 0.717) is 33.9 Å². The van der Waals surface area contributed by atoms with Crippen LogP contribution in [0.5, 0.6) is 0 Å². The summed E-state index contributed by atoms with van der Waals surface area (Å²) in [4.78, 5) is 4.27. The fraction of sp³-hybridized carbons (Fsp3) is 0.0556. The monoisotopic (exact) mass is 410 g/mol. The van der Waals surface area contributed by atoms with E-state index in [-0.39, 0.29) is 0 Å². The standard InChI is InChI=1S/C18H12Cl2N8/c19-12-7-11(8-13(20)9-12)18-25-24-17-2-1-15(26-28(17)18)22-10-14-3-5-21-16-4-6-23-27(14)16/h1-9H,10H2,(H,22,26). The number of nitrogens with zero attached hydrogens (tertiary/aromatic N) is 7. The lowest BCUT2D eigenvalue weighted by atomic mass is 10.2. The average molecular weight is 411 g/mol. The largest absolute Gasteiger partial charge is 0.363 e. The Bertz CT molecular complexity index is 1290. The Hall–Kier alpha value is -3.23. The molecule has 0 unspecified atom stereocenters. The van der Waals surface area contributed by atoms with Crippen LogP contribution in [0, 0.1) is 0 Å². The third-order valence-corrected chi connectivity index (χ3v) is 4.64. The summed E-state index contributed by atoms with van der Waals surface area (Å²) in [5, 5.41) is 21.6. The normalized spacial score (nSPS) is 11.4. The van der Waals surface area contributed by atoms with E-state index < -0.39 is 0 Å². The molecule has 0 atom stereocenters. The maximum atomic E-state index is 6.12. The zero-order valence-electron chi connectivity index (χ0n) is 14.3. The van der Waals surface area contributed by atoms with Crippen molar-refractivity contribution in [3.05, 3.63) is 70.6 Å². The maximum Gasteiger partial charge on any atom is 0.185 e. The van der Waals surface area contributed by atoms with Crippen molar-refractivity contribution in [3.63, 3.8) is 0 Å². The molecule has 4 heterocycles. The van der Waals surface area contributed by atoms with Crippen LogP contribution in [-0.4, -0.2) is 34.4 Å². The lowest BCUT2D eigenvalue weighted by Crippen LogP contribution is -2.09. The Morgan fingerprint density at radius 2 is 1.71 bits per heavy atom. The Labute approximate surface area is 168 Å². The zero-order valence-corrected chi connectivity index (χ0v) is 15.8. The molecule has 0 amide bonds. The van der Waals surface area contributed by atoms with Crippen LogP contribution in [0.3, 0.4) is 0 Å². The van der Waals surface area contributed by atoms with Crippen LogP contribution in [0.1, 0.15) is 5.69 Å². The highest BCUT2D eigenvalue weighted by atomic mass is 35.5. The van der Waals surface area contributed by atoms with Gasteiger partial charge in [0.2, 0.25) is 0 Å². The van der Waals surface area contributed by atoms with E-state index in [1.165, 1.54) is 0 Å². The molecule has 4 aromatic heterocycles. The first kappa shape index (κ1) is 16.9. The van der Waals surface area contributed by atoms with Crippen LogP contribution in [-0.2, 0) is 6.54 Å². The topological polar surface area (TPSA) is 85.3 Å². The van der Waals surface area contributed by atoms with Crippen LogP contribution in [0.25, 0.3) is 22.7 Å². The average Bonchev–Trinajstić information content (AvgIpc) is 3.32. The fourth-order valence-corrected chi connectivity index (χ4v) is 3.47. The van der Waals surface area contributed by atoms with Crippen molar-refractivity contribution in [1.29, 1.82) is 0 Å². The van der Waals surface area contributed by atoms with Crippen molar-refractivity contribution in [2.45, 2.75) is 6.54 Å². The van der Waals surface area contributed by atoms with Gasteiger partial charge in [0, 0.05) is 27.9 Å². The number of anilines is 1. The smallest absolute Gasteiger partial charge is 0.185 e. The van der Waals surface area contributed by atoms with Crippen molar-refractivity contribution in [3.8, 4) is 11.4 Å². The maximum absolute atomic E-state index is 6.12. The molecule has 0 fully saturated rings. The van der Waals surface area contributed by atoms with Crippen LogP contribution in [0.4, 0.5) is 5.82 Å². The molecule has 0 saturated heterocycles. The highest BCUT2D eigenvalue weighted by Gasteiger charge is 2.12. The van der Waals surface area contributed by atoms with Crippen molar-refractivity contribution in [2.24, 2.45) is 0 Å². The summed E-state index contributed by atoms with van der Waals surface area (Å²) in [6.07, 6.45) is 3.47. The number of hydrogen-bond acceptors (Lipinski definition) is 6. The van der Waals surface area contributed by atoms with E-state index in [1.807, 2.05) is 24.3 Å². The lowest BCUT2D eigenvalue weighted by Gasteiger charge is -2.08. The fourth-order valence-electron chi connectivity index (χ4n) is 2.95. The van der Waals surface area contributed by atoms with Crippen LogP contribution in [0.2, 0.25) is 10.0 Å². The van der Waals surface area contributed by atoms with Gasteiger partial charge < -0.3 is 5.32 Å². The van der Waals surface area contributed by atoms with Gasteiger partial charge in [0.15, 0.2) is 17.1 Å². The highest BCUT2D eigenvalue weighted by Crippen LogP contribution is 2.26. The van der Waals surface area contributed by atoms with E-state index in [1.54, 1.807) is 39.6 Å². The summed E-state index contributed by atoms with van der Waals surface area (Å²) < 4.78 is 3.43. The molecule has 0 radical (unpaired) electrons. The molecule has 0 aliphatic heterocycles. The van der Waals surface area contributed by atoms with Crippen molar-refractivity contribution in [2.75, 3.05) is 5.32 Å². The Kier molecular flexibility index (Phi) is 4.07. The molecule has 1 N–H and O–H groups in total. The number of aromatic nitrogens is 7. The number of nitrogens with one attached hydrogen (secondary N) is 1. The van der Waals surface area contributed by atoms with Gasteiger partial charge in [-0.3, -0.25) is 0 Å². The minimum absolute atomic E-state index is 0.523. The van der Waals surface area contributed by atoms with Gasteiger partial charge in [-0.1, -0.05) is 23.2 Å². The summed E-state index contributed by atoms with van der Waals surface area (Å²) in [6, 6.07) is 12.7. The molecule has 10 heteroatoms. The summed E-state index contributed by atoms with van der Waals surface area (Å²) in [6.45, 7) is 0.527. The predicted molar refractivity (Wildman–Crippen MR) is 107 cm³/mol. The van der Waals surface area contributed by atoms with Crippen LogP contribution >= 0.6 is 23.2 Å². The van der Waals surface area contributed by atoms with E-state index in [0.717, 1.165) is 16.9 Å². The molecule has 0 aliphatic rings. The highest BCUT2D eigenvalue weighted by molar-refractivity contribution is 6.35. The van der Waals surface area contributed by atoms with E-state index in [2.05, 4.69) is 30.7 Å². The van der Waals surface area contributed by atoms with Gasteiger partial charge in [-0.05, 0) is 36.4 Å². The molecule has 5 rings (SSSR count). The molecule has 0 spiro atoms. The van der Waals surface area contributed by atoms with Gasteiger partial charge in [0.25, 0.3) is 0 Å². The Morgan fingerprint density at radius 3 is 2.57 bits per heavy atom. The Balaban J connectivity index is 1.48. The minimum Gasteiger partial charge on any atom is -0.363 e. The minimum atomic E-state index is 0.523. The molecule has 0 saturated carbocycles. The first-order valence-corrected chi connectivity index (χ1v) is 9.13. The predicted octanol–water partition coefficient (Wildman–Crippen LogP) is 3.75. The van der Waals surface area contributed by atoms with E-state index >= 15 is 0 Å². The SMILES string of the molecule is Clc1cc(Cl)cc(-c2nnc3ccc(NCc4ccnc5ccnn45)nn23)c1. The zero-order chi connectivity index (χ0) is 19.1. The summed E-state index contributed by atoms with van der Waals surface area (Å²) in [5.74, 6) is 1.22. The van der Waals surface area contributed by atoms with Gasteiger partial charge >= 0.3 is 0 Å². The lowest BCUT2D eigenvalue weighted by molar-refractivity contribution is 0.844. The summed E-state index contributed by atoms with van der Waals surface area (Å²) in [5.41, 5.74) is 3.11. The molecule has 138 valence electrons. The van der Waals surface area contributed by atoms with Gasteiger partial charge in [0.1, 0.15) is 5.82 Å². The molecular formula is C18H12Cl2N8. The second kappa shape index (κ2) is 6.74. The molecule has 5 aromatic rings. The first-order chi connectivity index (χ1) is 13.7. The second-order valence-corrected chi connectivity index (χ2v) is 6.93. The molecule has 0 aliphatic carbocycles. The van der Waals surface area contributed by atoms with Crippen molar-refractivity contribution in [1.82, 2.24) is 34.4 Å². The quantitative estimate of drug-likeness (QED) is 0.485. The third-order valence-electron chi connectivity index (χ3n) is 4.20. The number of rotatable bonds is 4. The Morgan fingerprint density at radius 1 is 0.857 bits per heavy atom. The first-order valence-electron chi connectivity index (χ1n) is 8.38. The molecule has 0 bridgehead atoms. The van der Waals surface area contributed by atoms with Gasteiger partial charge in [-0.15, -0.1) is 15.3 Å². The molecule has 8 nitrogen and oxygen atoms in total. The molecule has 1 aromatic carbocycles. The van der Waals surface area contributed by atoms with E-state index in [4.69, 9.17) is 23.2 Å². The van der Waals surface area contributed by atoms with Crippen LogP contribution in [0.15, 0.2) is 54.9 Å². The van der Waals surface area contributed by atoms with Crippen molar-refractivity contribution >= 4 is 40.3 Å². The number of fused-ring (bicyclic) bond motifs is 2. The van der Waals surface area contributed by atoms with Gasteiger partial charge in [0.05, 0.1) is 18.4 Å². The number of benzene rings is 1. The third kappa shape index (κ3) is 3.02. The molecule has 28 heavy (non-hydrogen) atoms. The van der Waals surface area contributed by atoms with E-state index in [9.17, 15) is 0 Å². The number of halogens is 2.